The first-order chi connectivity index (χ1) is 8.52. The third kappa shape index (κ3) is 2.44. The Morgan fingerprint density at radius 2 is 2.28 bits per heavy atom. The van der Waals surface area contributed by atoms with E-state index in [9.17, 15) is 14.7 Å². The molecule has 2 heterocycles. The summed E-state index contributed by atoms with van der Waals surface area (Å²) in [5, 5.41) is 11.1. The molecule has 4 nitrogen and oxygen atoms in total. The van der Waals surface area contributed by atoms with E-state index in [-0.39, 0.29) is 11.8 Å². The standard InChI is InChI=1S/C12H14BrNO3S/c1-7-3-2-5-14(9(7)12(16)17)11(15)10-8(13)4-6-18-10/h4,6-7,9H,2-3,5H2,1H3,(H,16,17). The molecule has 0 aliphatic carbocycles. The number of carbonyl (C=O) groups excluding carboxylic acids is 1. The van der Waals surface area contributed by atoms with Crippen molar-refractivity contribution in [1.29, 1.82) is 0 Å². The highest BCUT2D eigenvalue weighted by Crippen LogP contribution is 2.29. The first-order valence-corrected chi connectivity index (χ1v) is 7.46. The largest absolute Gasteiger partial charge is 0.480 e. The highest BCUT2D eigenvalue weighted by Gasteiger charge is 2.38. The number of amides is 1. The monoisotopic (exact) mass is 331 g/mol. The molecule has 0 saturated carbocycles. The minimum atomic E-state index is -0.914. The summed E-state index contributed by atoms with van der Waals surface area (Å²) < 4.78 is 0.736. The van der Waals surface area contributed by atoms with Crippen LogP contribution >= 0.6 is 27.3 Å². The molecule has 1 aliphatic rings. The summed E-state index contributed by atoms with van der Waals surface area (Å²) in [6.07, 6.45) is 1.71. The van der Waals surface area contributed by atoms with Crippen LogP contribution in [0.1, 0.15) is 29.4 Å². The molecule has 6 heteroatoms. The summed E-state index contributed by atoms with van der Waals surface area (Å²) in [4.78, 5) is 25.8. The number of carboxylic acid groups (broad SMARTS) is 1. The van der Waals surface area contributed by atoms with Crippen LogP contribution in [0, 0.1) is 5.92 Å². The molecule has 0 aromatic carbocycles. The van der Waals surface area contributed by atoms with Gasteiger partial charge in [0.2, 0.25) is 0 Å². The minimum absolute atomic E-state index is 0.000984. The number of piperidine rings is 1. The predicted octanol–water partition coefficient (Wildman–Crippen LogP) is 2.84. The average Bonchev–Trinajstić information content (AvgIpc) is 2.73. The number of rotatable bonds is 2. The summed E-state index contributed by atoms with van der Waals surface area (Å²) in [5.41, 5.74) is 0. The lowest BCUT2D eigenvalue weighted by Gasteiger charge is -2.37. The maximum absolute atomic E-state index is 12.4. The van der Waals surface area contributed by atoms with Crippen molar-refractivity contribution in [2.24, 2.45) is 5.92 Å². The molecule has 2 atom stereocenters. The van der Waals surface area contributed by atoms with Crippen LogP contribution in [0.4, 0.5) is 0 Å². The molecule has 1 saturated heterocycles. The first kappa shape index (κ1) is 13.5. The molecular weight excluding hydrogens is 318 g/mol. The molecule has 0 spiro atoms. The SMILES string of the molecule is CC1CCCN(C(=O)c2sccc2Br)C1C(=O)O. The van der Waals surface area contributed by atoms with Crippen molar-refractivity contribution in [2.75, 3.05) is 6.54 Å². The summed E-state index contributed by atoms with van der Waals surface area (Å²) in [6, 6.07) is 1.10. The van der Waals surface area contributed by atoms with Crippen molar-refractivity contribution in [2.45, 2.75) is 25.8 Å². The van der Waals surface area contributed by atoms with Gasteiger partial charge in [-0.15, -0.1) is 11.3 Å². The Hall–Kier alpha value is -0.880. The molecule has 2 unspecified atom stereocenters. The number of nitrogens with zero attached hydrogens (tertiary/aromatic N) is 1. The van der Waals surface area contributed by atoms with Crippen LogP contribution in [0.3, 0.4) is 0 Å². The van der Waals surface area contributed by atoms with Crippen molar-refractivity contribution in [3.63, 3.8) is 0 Å². The van der Waals surface area contributed by atoms with Gasteiger partial charge in [0, 0.05) is 11.0 Å². The Bertz CT molecular complexity index is 474. The lowest BCUT2D eigenvalue weighted by molar-refractivity contribution is -0.145. The van der Waals surface area contributed by atoms with Gasteiger partial charge in [-0.1, -0.05) is 6.92 Å². The van der Waals surface area contributed by atoms with Gasteiger partial charge in [-0.05, 0) is 46.1 Å². The van der Waals surface area contributed by atoms with E-state index in [1.54, 1.807) is 6.07 Å². The smallest absolute Gasteiger partial charge is 0.326 e. The topological polar surface area (TPSA) is 57.6 Å². The molecule has 18 heavy (non-hydrogen) atoms. The van der Waals surface area contributed by atoms with Crippen molar-refractivity contribution < 1.29 is 14.7 Å². The van der Waals surface area contributed by atoms with Crippen LogP contribution in [0.15, 0.2) is 15.9 Å². The van der Waals surface area contributed by atoms with E-state index < -0.39 is 12.0 Å². The zero-order valence-corrected chi connectivity index (χ0v) is 12.3. The van der Waals surface area contributed by atoms with E-state index in [4.69, 9.17) is 0 Å². The molecule has 1 amide bonds. The number of aliphatic carboxylic acids is 1. The number of likely N-dealkylation sites (tertiary alicyclic amines) is 1. The van der Waals surface area contributed by atoms with Gasteiger partial charge in [0.1, 0.15) is 10.9 Å². The Morgan fingerprint density at radius 3 is 2.83 bits per heavy atom. The number of carboxylic acids is 1. The van der Waals surface area contributed by atoms with Gasteiger partial charge >= 0.3 is 5.97 Å². The molecule has 1 aromatic rings. The highest BCUT2D eigenvalue weighted by atomic mass is 79.9. The molecule has 1 fully saturated rings. The van der Waals surface area contributed by atoms with E-state index >= 15 is 0 Å². The van der Waals surface area contributed by atoms with E-state index in [1.807, 2.05) is 12.3 Å². The third-order valence-corrected chi connectivity index (χ3v) is 5.08. The Morgan fingerprint density at radius 1 is 1.56 bits per heavy atom. The zero-order valence-electron chi connectivity index (χ0n) is 9.93. The molecular formula is C12H14BrNO3S. The summed E-state index contributed by atoms with van der Waals surface area (Å²) in [6.45, 7) is 2.41. The van der Waals surface area contributed by atoms with Crippen molar-refractivity contribution >= 4 is 39.1 Å². The van der Waals surface area contributed by atoms with Crippen LogP contribution in [0.2, 0.25) is 0 Å². The van der Waals surface area contributed by atoms with Crippen LogP contribution in [0.5, 0.6) is 0 Å². The van der Waals surface area contributed by atoms with E-state index in [0.717, 1.165) is 17.3 Å². The van der Waals surface area contributed by atoms with Crippen molar-refractivity contribution in [3.8, 4) is 0 Å². The number of hydrogen-bond donors (Lipinski definition) is 1. The molecule has 1 aromatic heterocycles. The first-order valence-electron chi connectivity index (χ1n) is 5.79. The lowest BCUT2D eigenvalue weighted by atomic mass is 9.90. The van der Waals surface area contributed by atoms with Crippen LogP contribution in [0.25, 0.3) is 0 Å². The van der Waals surface area contributed by atoms with Gasteiger partial charge in [0.15, 0.2) is 0 Å². The quantitative estimate of drug-likeness (QED) is 0.906. The van der Waals surface area contributed by atoms with Gasteiger partial charge in [-0.25, -0.2) is 4.79 Å². The van der Waals surface area contributed by atoms with Crippen LogP contribution < -0.4 is 0 Å². The molecule has 0 radical (unpaired) electrons. The fourth-order valence-corrected chi connectivity index (χ4v) is 3.87. The number of carbonyl (C=O) groups is 2. The second-order valence-electron chi connectivity index (χ2n) is 4.50. The fourth-order valence-electron chi connectivity index (χ4n) is 2.37. The Kier molecular flexibility index (Phi) is 4.07. The summed E-state index contributed by atoms with van der Waals surface area (Å²) in [5.74, 6) is -1.10. The van der Waals surface area contributed by atoms with E-state index in [2.05, 4.69) is 15.9 Å². The van der Waals surface area contributed by atoms with Gasteiger partial charge in [-0.3, -0.25) is 4.79 Å². The summed E-state index contributed by atoms with van der Waals surface area (Å²) in [7, 11) is 0. The number of halogens is 1. The average molecular weight is 332 g/mol. The third-order valence-electron chi connectivity index (χ3n) is 3.26. The van der Waals surface area contributed by atoms with Gasteiger partial charge in [0.05, 0.1) is 0 Å². The second kappa shape index (κ2) is 5.40. The molecule has 1 N–H and O–H groups in total. The normalized spacial score (nSPS) is 24.0. The summed E-state index contributed by atoms with van der Waals surface area (Å²) >= 11 is 4.66. The van der Waals surface area contributed by atoms with Crippen molar-refractivity contribution in [1.82, 2.24) is 4.90 Å². The van der Waals surface area contributed by atoms with Gasteiger partial charge < -0.3 is 10.0 Å². The number of thiophene rings is 1. The molecule has 0 bridgehead atoms. The van der Waals surface area contributed by atoms with E-state index in [1.165, 1.54) is 16.2 Å². The fraction of sp³-hybridized carbons (Fsp3) is 0.500. The lowest BCUT2D eigenvalue weighted by Crippen LogP contribution is -2.51. The van der Waals surface area contributed by atoms with Crippen LogP contribution in [-0.4, -0.2) is 34.5 Å². The zero-order chi connectivity index (χ0) is 13.3. The highest BCUT2D eigenvalue weighted by molar-refractivity contribution is 9.10. The van der Waals surface area contributed by atoms with E-state index in [0.29, 0.717) is 11.4 Å². The number of hydrogen-bond acceptors (Lipinski definition) is 3. The van der Waals surface area contributed by atoms with Gasteiger partial charge in [0.25, 0.3) is 5.91 Å². The van der Waals surface area contributed by atoms with Crippen LogP contribution in [-0.2, 0) is 4.79 Å². The predicted molar refractivity (Wildman–Crippen MR) is 72.9 cm³/mol. The molecule has 98 valence electrons. The molecule has 2 rings (SSSR count). The Labute approximate surface area is 118 Å². The van der Waals surface area contributed by atoms with Gasteiger partial charge in [-0.2, -0.15) is 0 Å². The maximum Gasteiger partial charge on any atom is 0.326 e. The molecule has 1 aliphatic heterocycles. The maximum atomic E-state index is 12.4. The minimum Gasteiger partial charge on any atom is -0.480 e. The van der Waals surface area contributed by atoms with Crippen molar-refractivity contribution in [3.05, 3.63) is 20.8 Å². The Balaban J connectivity index is 2.28. The second-order valence-corrected chi connectivity index (χ2v) is 6.27.